The zero-order valence-electron chi connectivity index (χ0n) is 12.2. The van der Waals surface area contributed by atoms with Crippen LogP contribution in [0, 0.1) is 5.92 Å². The lowest BCUT2D eigenvalue weighted by Crippen LogP contribution is -2.34. The number of rotatable bonds is 5. The summed E-state index contributed by atoms with van der Waals surface area (Å²) in [4.78, 5) is 8.96. The fraction of sp³-hybridized carbons (Fsp3) is 0.467. The Labute approximate surface area is 156 Å². The van der Waals surface area contributed by atoms with Crippen LogP contribution in [-0.4, -0.2) is 24.0 Å². The molecule has 1 fully saturated rings. The highest BCUT2D eigenvalue weighted by Gasteiger charge is 2.16. The van der Waals surface area contributed by atoms with E-state index in [9.17, 15) is 0 Å². The number of hydrogen-bond acceptors (Lipinski definition) is 3. The molecular formula is C15H20ClIN4S. The normalized spacial score (nSPS) is 15.4. The molecule has 1 heterocycles. The topological polar surface area (TPSA) is 63.3 Å². The van der Waals surface area contributed by atoms with Crippen LogP contribution in [0.4, 0.5) is 0 Å². The van der Waals surface area contributed by atoms with Gasteiger partial charge in [0.2, 0.25) is 0 Å². The summed E-state index contributed by atoms with van der Waals surface area (Å²) in [5, 5.41) is 4.97. The molecule has 0 saturated heterocycles. The molecule has 0 spiro atoms. The van der Waals surface area contributed by atoms with Gasteiger partial charge < -0.3 is 11.1 Å². The van der Waals surface area contributed by atoms with Crippen molar-refractivity contribution in [2.45, 2.75) is 25.7 Å². The molecule has 0 atom stereocenters. The van der Waals surface area contributed by atoms with E-state index in [0.29, 0.717) is 5.96 Å². The first-order chi connectivity index (χ1) is 10.2. The second-order valence-corrected chi connectivity index (χ2v) is 6.97. The van der Waals surface area contributed by atoms with Crippen LogP contribution in [0.1, 0.15) is 24.3 Å². The summed E-state index contributed by atoms with van der Waals surface area (Å²) < 4.78 is 1.17. The van der Waals surface area contributed by atoms with Gasteiger partial charge in [0.05, 0.1) is 15.2 Å². The van der Waals surface area contributed by atoms with Crippen molar-refractivity contribution in [3.8, 4) is 0 Å². The van der Waals surface area contributed by atoms with Crippen LogP contribution in [-0.2, 0) is 6.42 Å². The third-order valence-electron chi connectivity index (χ3n) is 3.78. The second kappa shape index (κ2) is 8.31. The van der Waals surface area contributed by atoms with E-state index in [0.717, 1.165) is 41.0 Å². The maximum absolute atomic E-state index is 5.97. The summed E-state index contributed by atoms with van der Waals surface area (Å²) in [6, 6.07) is 5.81. The van der Waals surface area contributed by atoms with Gasteiger partial charge >= 0.3 is 0 Å². The predicted molar refractivity (Wildman–Crippen MR) is 106 cm³/mol. The summed E-state index contributed by atoms with van der Waals surface area (Å²) >= 11 is 7.67. The molecule has 0 unspecified atom stereocenters. The molecule has 120 valence electrons. The average molecular weight is 451 g/mol. The number of halogens is 2. The molecule has 0 aliphatic heterocycles. The summed E-state index contributed by atoms with van der Waals surface area (Å²) in [6.07, 6.45) is 4.78. The van der Waals surface area contributed by atoms with Gasteiger partial charge in [-0.25, -0.2) is 4.98 Å². The summed E-state index contributed by atoms with van der Waals surface area (Å²) in [5.74, 6) is 1.30. The maximum atomic E-state index is 5.97. The Morgan fingerprint density at radius 1 is 1.45 bits per heavy atom. The predicted octanol–water partition coefficient (Wildman–Crippen LogP) is 3.81. The fourth-order valence-corrected chi connectivity index (χ4v) is 3.42. The van der Waals surface area contributed by atoms with E-state index >= 15 is 0 Å². The van der Waals surface area contributed by atoms with E-state index in [2.05, 4.69) is 15.3 Å². The minimum absolute atomic E-state index is 0. The van der Waals surface area contributed by atoms with Gasteiger partial charge in [-0.2, -0.15) is 0 Å². The van der Waals surface area contributed by atoms with E-state index < -0.39 is 0 Å². The zero-order valence-corrected chi connectivity index (χ0v) is 16.1. The number of guanidine groups is 1. The lowest BCUT2D eigenvalue weighted by Gasteiger charge is -2.23. The quantitative estimate of drug-likeness (QED) is 0.414. The Morgan fingerprint density at radius 2 is 2.27 bits per heavy atom. The summed E-state index contributed by atoms with van der Waals surface area (Å²) in [7, 11) is 0. The van der Waals surface area contributed by atoms with Crippen LogP contribution in [0.5, 0.6) is 0 Å². The van der Waals surface area contributed by atoms with Gasteiger partial charge in [0, 0.05) is 24.5 Å². The molecule has 22 heavy (non-hydrogen) atoms. The van der Waals surface area contributed by atoms with Crippen molar-refractivity contribution in [1.29, 1.82) is 0 Å². The van der Waals surface area contributed by atoms with Crippen LogP contribution >= 0.6 is 46.9 Å². The van der Waals surface area contributed by atoms with Crippen molar-refractivity contribution in [2.75, 3.05) is 13.1 Å². The van der Waals surface area contributed by atoms with Gasteiger partial charge in [0.25, 0.3) is 0 Å². The molecule has 2 aromatic rings. The molecule has 1 saturated carbocycles. The highest BCUT2D eigenvalue weighted by atomic mass is 127. The summed E-state index contributed by atoms with van der Waals surface area (Å²) in [6.45, 7) is 1.62. The lowest BCUT2D eigenvalue weighted by molar-refractivity contribution is 0.326. The van der Waals surface area contributed by atoms with Crippen LogP contribution in [0.2, 0.25) is 5.02 Å². The van der Waals surface area contributed by atoms with E-state index in [1.165, 1.54) is 24.0 Å². The number of nitrogens with one attached hydrogen (secondary N) is 1. The number of aliphatic imine (C=N–C) groups is 1. The molecule has 3 N–H and O–H groups in total. The number of aromatic nitrogens is 1. The highest BCUT2D eigenvalue weighted by molar-refractivity contribution is 14.0. The number of nitrogens with zero attached hydrogens (tertiary/aromatic N) is 2. The average Bonchev–Trinajstić information content (AvgIpc) is 2.78. The molecule has 1 aromatic heterocycles. The van der Waals surface area contributed by atoms with Gasteiger partial charge in [-0.05, 0) is 37.0 Å². The Balaban J connectivity index is 0.00000176. The first-order valence-corrected chi connectivity index (χ1v) is 8.49. The van der Waals surface area contributed by atoms with Crippen molar-refractivity contribution >= 4 is 63.1 Å². The molecule has 4 nitrogen and oxygen atoms in total. The molecule has 7 heteroatoms. The highest BCUT2D eigenvalue weighted by Crippen LogP contribution is 2.26. The Hall–Kier alpha value is -0.600. The SMILES string of the molecule is I.NC(=NCC1CCC1)NCCc1nc2cc(Cl)ccc2s1. The number of fused-ring (bicyclic) bond motifs is 1. The molecule has 0 amide bonds. The van der Waals surface area contributed by atoms with Crippen molar-refractivity contribution in [3.63, 3.8) is 0 Å². The van der Waals surface area contributed by atoms with Crippen LogP contribution in [0.3, 0.4) is 0 Å². The molecule has 1 aliphatic rings. The number of nitrogens with two attached hydrogens (primary N) is 1. The Morgan fingerprint density at radius 3 is 3.00 bits per heavy atom. The van der Waals surface area contributed by atoms with E-state index in [1.54, 1.807) is 11.3 Å². The minimum Gasteiger partial charge on any atom is -0.370 e. The molecule has 1 aromatic carbocycles. The maximum Gasteiger partial charge on any atom is 0.188 e. The van der Waals surface area contributed by atoms with Crippen molar-refractivity contribution in [3.05, 3.63) is 28.2 Å². The molecule has 3 rings (SSSR count). The summed E-state index contributed by atoms with van der Waals surface area (Å²) in [5.41, 5.74) is 6.83. The van der Waals surface area contributed by atoms with E-state index in [4.69, 9.17) is 17.3 Å². The van der Waals surface area contributed by atoms with Crippen molar-refractivity contribution in [1.82, 2.24) is 10.3 Å². The van der Waals surface area contributed by atoms with Crippen molar-refractivity contribution < 1.29 is 0 Å². The molecule has 0 radical (unpaired) electrons. The third kappa shape index (κ3) is 4.70. The zero-order chi connectivity index (χ0) is 14.7. The third-order valence-corrected chi connectivity index (χ3v) is 5.11. The van der Waals surface area contributed by atoms with Crippen LogP contribution in [0.25, 0.3) is 10.2 Å². The standard InChI is InChI=1S/C15H19ClN4S.HI/c16-11-4-5-13-12(8-11)20-14(21-13)6-7-18-15(17)19-9-10-2-1-3-10;/h4-5,8,10H,1-3,6-7,9H2,(H3,17,18,19);1H. The van der Waals surface area contributed by atoms with Crippen molar-refractivity contribution in [2.24, 2.45) is 16.6 Å². The van der Waals surface area contributed by atoms with Gasteiger partial charge in [0.1, 0.15) is 0 Å². The Kier molecular flexibility index (Phi) is 6.70. The number of benzene rings is 1. The van der Waals surface area contributed by atoms with Gasteiger partial charge in [-0.1, -0.05) is 18.0 Å². The van der Waals surface area contributed by atoms with E-state index in [-0.39, 0.29) is 24.0 Å². The first-order valence-electron chi connectivity index (χ1n) is 7.29. The molecule has 1 aliphatic carbocycles. The largest absolute Gasteiger partial charge is 0.370 e. The van der Waals surface area contributed by atoms with Gasteiger partial charge in [-0.15, -0.1) is 35.3 Å². The van der Waals surface area contributed by atoms with E-state index in [1.807, 2.05) is 18.2 Å². The van der Waals surface area contributed by atoms with Crippen LogP contribution in [0.15, 0.2) is 23.2 Å². The minimum atomic E-state index is 0. The fourth-order valence-electron chi connectivity index (χ4n) is 2.31. The van der Waals surface area contributed by atoms with Gasteiger partial charge in [-0.3, -0.25) is 4.99 Å². The number of hydrogen-bond donors (Lipinski definition) is 2. The van der Waals surface area contributed by atoms with Gasteiger partial charge in [0.15, 0.2) is 5.96 Å². The Bertz CT molecular complexity index is 654. The van der Waals surface area contributed by atoms with Crippen LogP contribution < -0.4 is 11.1 Å². The first kappa shape index (κ1) is 17.7. The molecule has 0 bridgehead atoms. The smallest absolute Gasteiger partial charge is 0.188 e. The number of thiazole rings is 1. The molecular weight excluding hydrogens is 431 g/mol. The monoisotopic (exact) mass is 450 g/mol. The lowest BCUT2D eigenvalue weighted by atomic mass is 9.86. The second-order valence-electron chi connectivity index (χ2n) is 5.42.